The second kappa shape index (κ2) is 7.10. The second-order valence-electron chi connectivity index (χ2n) is 6.60. The van der Waals surface area contributed by atoms with Crippen molar-refractivity contribution in [2.75, 3.05) is 0 Å². The van der Waals surface area contributed by atoms with Crippen molar-refractivity contribution in [1.82, 2.24) is 29.9 Å². The van der Waals surface area contributed by atoms with Gasteiger partial charge in [-0.3, -0.25) is 4.79 Å². The minimum absolute atomic E-state index is 0.0125. The van der Waals surface area contributed by atoms with Crippen LogP contribution in [0.4, 0.5) is 13.2 Å². The molecule has 3 aromatic rings. The van der Waals surface area contributed by atoms with Crippen LogP contribution >= 0.6 is 0 Å². The smallest absolute Gasteiger partial charge is 0.345 e. The maximum Gasteiger partial charge on any atom is 0.392 e. The maximum atomic E-state index is 12.9. The van der Waals surface area contributed by atoms with E-state index in [1.165, 1.54) is 0 Å². The first-order valence-electron chi connectivity index (χ1n) is 8.78. The summed E-state index contributed by atoms with van der Waals surface area (Å²) in [6, 6.07) is 8.74. The largest absolute Gasteiger partial charge is 0.392 e. The van der Waals surface area contributed by atoms with E-state index in [-0.39, 0.29) is 31.8 Å². The predicted octanol–water partition coefficient (Wildman–Crippen LogP) is 2.52. The topological polar surface area (TPSA) is 77.6 Å². The van der Waals surface area contributed by atoms with Crippen LogP contribution < -0.4 is 5.32 Å². The fourth-order valence-electron chi connectivity index (χ4n) is 3.27. The van der Waals surface area contributed by atoms with Gasteiger partial charge >= 0.3 is 6.18 Å². The number of amides is 1. The first-order chi connectivity index (χ1) is 13.4. The Labute approximate surface area is 158 Å². The number of aromatic nitrogens is 5. The highest BCUT2D eigenvalue weighted by atomic mass is 19.4. The van der Waals surface area contributed by atoms with E-state index in [2.05, 4.69) is 20.6 Å². The van der Waals surface area contributed by atoms with Gasteiger partial charge in [-0.15, -0.1) is 10.2 Å². The van der Waals surface area contributed by atoms with Crippen LogP contribution in [0.5, 0.6) is 0 Å². The van der Waals surface area contributed by atoms with Crippen molar-refractivity contribution in [3.63, 3.8) is 0 Å². The van der Waals surface area contributed by atoms with Crippen molar-refractivity contribution < 1.29 is 18.0 Å². The lowest BCUT2D eigenvalue weighted by Gasteiger charge is -2.25. The molecule has 10 heteroatoms. The summed E-state index contributed by atoms with van der Waals surface area (Å²) < 4.78 is 42.0. The molecular formula is C18H17F3N6O. The van der Waals surface area contributed by atoms with Crippen LogP contribution in [0.2, 0.25) is 0 Å². The van der Waals surface area contributed by atoms with Crippen molar-refractivity contribution in [1.29, 1.82) is 0 Å². The molecule has 1 N–H and O–H groups in total. The molecule has 1 aliphatic rings. The third-order valence-electron chi connectivity index (χ3n) is 4.78. The van der Waals surface area contributed by atoms with Crippen LogP contribution in [0.1, 0.15) is 28.4 Å². The lowest BCUT2D eigenvalue weighted by molar-refractivity contribution is -0.179. The molecule has 1 aromatic carbocycles. The van der Waals surface area contributed by atoms with Gasteiger partial charge in [-0.1, -0.05) is 6.07 Å². The fourth-order valence-corrected chi connectivity index (χ4v) is 3.27. The second-order valence-corrected chi connectivity index (χ2v) is 6.60. The summed E-state index contributed by atoms with van der Waals surface area (Å²) in [6.45, 7) is 0.279. The number of nitrogens with one attached hydrogen (secondary N) is 1. The van der Waals surface area contributed by atoms with Gasteiger partial charge in [-0.25, -0.2) is 4.68 Å². The monoisotopic (exact) mass is 390 g/mol. The minimum atomic E-state index is -4.23. The van der Waals surface area contributed by atoms with Gasteiger partial charge in [0, 0.05) is 30.9 Å². The van der Waals surface area contributed by atoms with E-state index in [0.29, 0.717) is 17.2 Å². The van der Waals surface area contributed by atoms with E-state index in [1.54, 1.807) is 45.9 Å². The van der Waals surface area contributed by atoms with Gasteiger partial charge in [0.2, 0.25) is 0 Å². The third-order valence-corrected chi connectivity index (χ3v) is 4.78. The van der Waals surface area contributed by atoms with Gasteiger partial charge in [0.25, 0.3) is 5.91 Å². The van der Waals surface area contributed by atoms with Crippen LogP contribution in [0.15, 0.2) is 42.7 Å². The first kappa shape index (κ1) is 18.2. The Balaban J connectivity index is 1.43. The van der Waals surface area contributed by atoms with E-state index < -0.39 is 12.1 Å². The molecule has 0 fully saturated rings. The van der Waals surface area contributed by atoms with Crippen LogP contribution in [-0.2, 0) is 19.5 Å². The van der Waals surface area contributed by atoms with Gasteiger partial charge in [0.1, 0.15) is 5.82 Å². The number of nitrogens with zero attached hydrogens (tertiary/aromatic N) is 5. The predicted molar refractivity (Wildman–Crippen MR) is 92.6 cm³/mol. The number of hydrogen-bond donors (Lipinski definition) is 1. The minimum Gasteiger partial charge on any atom is -0.345 e. The van der Waals surface area contributed by atoms with E-state index in [4.69, 9.17) is 0 Å². The zero-order valence-electron chi connectivity index (χ0n) is 14.7. The van der Waals surface area contributed by atoms with Crippen LogP contribution in [0, 0.1) is 5.92 Å². The number of carbonyl (C=O) groups excluding carboxylic acids is 1. The van der Waals surface area contributed by atoms with E-state index >= 15 is 0 Å². The van der Waals surface area contributed by atoms with Crippen molar-refractivity contribution in [2.45, 2.75) is 32.1 Å². The number of fused-ring (bicyclic) bond motifs is 1. The molecule has 4 rings (SSSR count). The number of hydrogen-bond acceptors (Lipinski definition) is 4. The Kier molecular flexibility index (Phi) is 4.62. The molecule has 1 unspecified atom stereocenters. The van der Waals surface area contributed by atoms with Crippen LogP contribution in [0.25, 0.3) is 5.69 Å². The summed E-state index contributed by atoms with van der Waals surface area (Å²) in [4.78, 5) is 12.5. The Hall–Kier alpha value is -3.17. The number of carbonyl (C=O) groups is 1. The molecule has 3 heterocycles. The molecule has 1 amide bonds. The number of benzene rings is 1. The van der Waals surface area contributed by atoms with Gasteiger partial charge in [0.05, 0.1) is 18.2 Å². The molecule has 0 saturated carbocycles. The summed E-state index contributed by atoms with van der Waals surface area (Å²) in [5.41, 5.74) is 1.19. The van der Waals surface area contributed by atoms with Crippen molar-refractivity contribution in [3.05, 3.63) is 59.9 Å². The summed E-state index contributed by atoms with van der Waals surface area (Å²) >= 11 is 0. The molecule has 0 radical (unpaired) electrons. The molecular weight excluding hydrogens is 373 g/mol. The van der Waals surface area contributed by atoms with Gasteiger partial charge in [-0.2, -0.15) is 18.3 Å². The lowest BCUT2D eigenvalue weighted by atomic mass is 9.97. The SMILES string of the molecule is O=C(NCc1nnc2n1CCC(C(F)(F)F)C2)c1cccc(-n2cccn2)c1. The van der Waals surface area contributed by atoms with Crippen molar-refractivity contribution >= 4 is 5.91 Å². The highest BCUT2D eigenvalue weighted by Crippen LogP contribution is 2.34. The Morgan fingerprint density at radius 2 is 2.11 bits per heavy atom. The highest BCUT2D eigenvalue weighted by Gasteiger charge is 2.42. The highest BCUT2D eigenvalue weighted by molar-refractivity contribution is 5.94. The molecule has 7 nitrogen and oxygen atoms in total. The molecule has 0 bridgehead atoms. The van der Waals surface area contributed by atoms with E-state index in [0.717, 1.165) is 5.69 Å². The maximum absolute atomic E-state index is 12.9. The summed E-state index contributed by atoms with van der Waals surface area (Å²) in [6.07, 6.45) is -1.01. The average Bonchev–Trinajstić information content (AvgIpc) is 3.35. The summed E-state index contributed by atoms with van der Waals surface area (Å²) in [5, 5.41) is 14.7. The molecule has 28 heavy (non-hydrogen) atoms. The first-order valence-corrected chi connectivity index (χ1v) is 8.78. The normalized spacial score (nSPS) is 16.6. The van der Waals surface area contributed by atoms with Crippen molar-refractivity contribution in [3.8, 4) is 5.69 Å². The van der Waals surface area contributed by atoms with Gasteiger partial charge in [0.15, 0.2) is 5.82 Å². The van der Waals surface area contributed by atoms with Gasteiger partial charge < -0.3 is 9.88 Å². The van der Waals surface area contributed by atoms with Crippen LogP contribution in [0.3, 0.4) is 0 Å². The molecule has 2 aromatic heterocycles. The Morgan fingerprint density at radius 3 is 2.86 bits per heavy atom. The fraction of sp³-hybridized carbons (Fsp3) is 0.333. The number of halogens is 3. The quantitative estimate of drug-likeness (QED) is 0.743. The molecule has 0 saturated heterocycles. The Morgan fingerprint density at radius 1 is 1.25 bits per heavy atom. The zero-order chi connectivity index (χ0) is 19.7. The third kappa shape index (κ3) is 3.62. The standard InChI is InChI=1S/C18H17F3N6O/c19-18(20,21)13-5-8-26-15(10-13)24-25-16(26)11-22-17(28)12-3-1-4-14(9-12)27-7-2-6-23-27/h1-4,6-7,9,13H,5,8,10-11H2,(H,22,28). The van der Waals surface area contributed by atoms with Crippen LogP contribution in [-0.4, -0.2) is 36.6 Å². The average molecular weight is 390 g/mol. The molecule has 1 atom stereocenters. The summed E-state index contributed by atoms with van der Waals surface area (Å²) in [5.74, 6) is -0.947. The number of rotatable bonds is 4. The molecule has 1 aliphatic heterocycles. The van der Waals surface area contributed by atoms with E-state index in [9.17, 15) is 18.0 Å². The zero-order valence-corrected chi connectivity index (χ0v) is 14.7. The van der Waals surface area contributed by atoms with Crippen molar-refractivity contribution in [2.24, 2.45) is 5.92 Å². The molecule has 146 valence electrons. The number of alkyl halides is 3. The van der Waals surface area contributed by atoms with Gasteiger partial charge in [-0.05, 0) is 30.7 Å². The molecule has 0 spiro atoms. The summed E-state index contributed by atoms with van der Waals surface area (Å²) in [7, 11) is 0. The van der Waals surface area contributed by atoms with E-state index in [1.807, 2.05) is 6.07 Å². The Bertz CT molecular complexity index is 980. The molecule has 0 aliphatic carbocycles. The lowest BCUT2D eigenvalue weighted by Crippen LogP contribution is -2.32.